The van der Waals surface area contributed by atoms with Crippen molar-refractivity contribution in [3.8, 4) is 0 Å². The number of hydrogen-bond acceptors (Lipinski definition) is 5. The van der Waals surface area contributed by atoms with E-state index in [4.69, 9.17) is 4.42 Å². The van der Waals surface area contributed by atoms with Crippen LogP contribution in [0, 0.1) is 10.1 Å². The molecule has 0 amide bonds. The number of nitro benzene ring substituents is 1. The Bertz CT molecular complexity index is 1130. The predicted molar refractivity (Wildman–Crippen MR) is 81.9 cm³/mol. The minimum atomic E-state index is -0.471. The van der Waals surface area contributed by atoms with Gasteiger partial charge < -0.3 is 4.42 Å². The summed E-state index contributed by atoms with van der Waals surface area (Å²) in [7, 11) is 0. The Morgan fingerprint density at radius 3 is 2.68 bits per heavy atom. The predicted octanol–water partition coefficient (Wildman–Crippen LogP) is 3.40. The molecule has 0 aliphatic carbocycles. The van der Waals surface area contributed by atoms with E-state index < -0.39 is 10.5 Å². The number of rotatable bonds is 1. The van der Waals surface area contributed by atoms with Gasteiger partial charge in [0.15, 0.2) is 0 Å². The smallest absolute Gasteiger partial charge is 0.345 e. The highest BCUT2D eigenvalue weighted by Gasteiger charge is 2.12. The van der Waals surface area contributed by atoms with Crippen molar-refractivity contribution in [2.75, 3.05) is 0 Å². The number of pyridine rings is 1. The lowest BCUT2D eigenvalue weighted by Gasteiger charge is -2.04. The van der Waals surface area contributed by atoms with Gasteiger partial charge in [-0.05, 0) is 24.3 Å². The standard InChI is InChI=1S/C16H8N2O4/c19-16-12-7-9-5-6-10(18(20)21)8-13(9)17-15(12)11-3-1-2-4-14(11)22-16/h1-8H. The molecule has 2 aromatic carbocycles. The lowest BCUT2D eigenvalue weighted by Crippen LogP contribution is -2.01. The first-order chi connectivity index (χ1) is 10.6. The highest BCUT2D eigenvalue weighted by atomic mass is 16.6. The van der Waals surface area contributed by atoms with Crippen LogP contribution in [0.3, 0.4) is 0 Å². The van der Waals surface area contributed by atoms with Crippen LogP contribution in [0.15, 0.2) is 57.7 Å². The van der Waals surface area contributed by atoms with Crippen LogP contribution in [0.25, 0.3) is 32.8 Å². The van der Waals surface area contributed by atoms with Crippen LogP contribution in [-0.2, 0) is 0 Å². The number of fused-ring (bicyclic) bond motifs is 4. The third-order valence-corrected chi connectivity index (χ3v) is 3.58. The number of nitro groups is 1. The van der Waals surface area contributed by atoms with E-state index in [1.165, 1.54) is 12.1 Å². The molecular weight excluding hydrogens is 284 g/mol. The molecule has 22 heavy (non-hydrogen) atoms. The summed E-state index contributed by atoms with van der Waals surface area (Å²) < 4.78 is 5.28. The summed E-state index contributed by atoms with van der Waals surface area (Å²) in [6.45, 7) is 0. The number of benzene rings is 2. The van der Waals surface area contributed by atoms with E-state index in [0.717, 1.165) is 0 Å². The zero-order valence-electron chi connectivity index (χ0n) is 11.1. The molecule has 0 saturated carbocycles. The second kappa shape index (κ2) is 4.36. The average Bonchev–Trinajstić information content (AvgIpc) is 2.53. The molecule has 0 unspecified atom stereocenters. The summed E-state index contributed by atoms with van der Waals surface area (Å²) in [5, 5.41) is 12.6. The molecular formula is C16H8N2O4. The van der Waals surface area contributed by atoms with Crippen molar-refractivity contribution in [2.45, 2.75) is 0 Å². The van der Waals surface area contributed by atoms with Crippen LogP contribution >= 0.6 is 0 Å². The van der Waals surface area contributed by atoms with Gasteiger partial charge in [-0.15, -0.1) is 0 Å². The zero-order valence-corrected chi connectivity index (χ0v) is 11.1. The second-order valence-electron chi connectivity index (χ2n) is 4.90. The van der Waals surface area contributed by atoms with Gasteiger partial charge in [-0.2, -0.15) is 0 Å². The zero-order chi connectivity index (χ0) is 15.3. The van der Waals surface area contributed by atoms with E-state index in [0.29, 0.717) is 32.8 Å². The van der Waals surface area contributed by atoms with E-state index >= 15 is 0 Å². The van der Waals surface area contributed by atoms with Crippen LogP contribution in [0.5, 0.6) is 0 Å². The maximum absolute atomic E-state index is 12.1. The van der Waals surface area contributed by atoms with Crippen molar-refractivity contribution >= 4 is 38.5 Å². The molecule has 2 aromatic heterocycles. The van der Waals surface area contributed by atoms with Gasteiger partial charge in [-0.3, -0.25) is 10.1 Å². The fourth-order valence-corrected chi connectivity index (χ4v) is 2.54. The molecule has 0 aliphatic heterocycles. The number of aromatic nitrogens is 1. The van der Waals surface area contributed by atoms with E-state index in [-0.39, 0.29) is 5.69 Å². The highest BCUT2D eigenvalue weighted by molar-refractivity contribution is 6.05. The summed E-state index contributed by atoms with van der Waals surface area (Å²) in [6, 6.07) is 13.1. The monoisotopic (exact) mass is 292 g/mol. The molecule has 0 saturated heterocycles. The Hall–Kier alpha value is -3.28. The molecule has 0 fully saturated rings. The van der Waals surface area contributed by atoms with Crippen molar-refractivity contribution in [1.29, 1.82) is 0 Å². The molecule has 0 aliphatic rings. The number of hydrogen-bond donors (Lipinski definition) is 0. The van der Waals surface area contributed by atoms with Gasteiger partial charge in [0.1, 0.15) is 5.58 Å². The van der Waals surface area contributed by atoms with Gasteiger partial charge in [-0.25, -0.2) is 9.78 Å². The first kappa shape index (κ1) is 12.5. The molecule has 0 bridgehead atoms. The largest absolute Gasteiger partial charge is 0.422 e. The molecule has 6 nitrogen and oxygen atoms in total. The highest BCUT2D eigenvalue weighted by Crippen LogP contribution is 2.26. The van der Waals surface area contributed by atoms with Crippen LogP contribution < -0.4 is 5.63 Å². The van der Waals surface area contributed by atoms with Gasteiger partial charge in [0.2, 0.25) is 0 Å². The summed E-state index contributed by atoms with van der Waals surface area (Å²) in [6.07, 6.45) is 0. The Morgan fingerprint density at radius 1 is 1.05 bits per heavy atom. The van der Waals surface area contributed by atoms with Crippen molar-refractivity contribution in [3.05, 3.63) is 69.1 Å². The van der Waals surface area contributed by atoms with Crippen LogP contribution in [0.1, 0.15) is 0 Å². The molecule has 4 rings (SSSR count). The van der Waals surface area contributed by atoms with Crippen LogP contribution in [0.2, 0.25) is 0 Å². The molecule has 0 spiro atoms. The molecule has 0 N–H and O–H groups in total. The summed E-state index contributed by atoms with van der Waals surface area (Å²) in [5.74, 6) is 0. The van der Waals surface area contributed by atoms with Crippen molar-refractivity contribution in [3.63, 3.8) is 0 Å². The fourth-order valence-electron chi connectivity index (χ4n) is 2.54. The minimum absolute atomic E-state index is 0.0355. The van der Waals surface area contributed by atoms with Crippen LogP contribution in [-0.4, -0.2) is 9.91 Å². The number of non-ortho nitro benzene ring substituents is 1. The molecule has 2 heterocycles. The minimum Gasteiger partial charge on any atom is -0.422 e. The van der Waals surface area contributed by atoms with Gasteiger partial charge in [0, 0.05) is 22.9 Å². The molecule has 106 valence electrons. The van der Waals surface area contributed by atoms with E-state index in [1.807, 2.05) is 6.07 Å². The second-order valence-corrected chi connectivity index (χ2v) is 4.90. The van der Waals surface area contributed by atoms with Crippen molar-refractivity contribution in [2.24, 2.45) is 0 Å². The lowest BCUT2D eigenvalue weighted by molar-refractivity contribution is -0.384. The molecule has 0 radical (unpaired) electrons. The Kier molecular flexibility index (Phi) is 2.47. The molecule has 0 atom stereocenters. The third-order valence-electron chi connectivity index (χ3n) is 3.58. The first-order valence-corrected chi connectivity index (χ1v) is 6.54. The maximum Gasteiger partial charge on any atom is 0.345 e. The van der Waals surface area contributed by atoms with Crippen molar-refractivity contribution in [1.82, 2.24) is 4.98 Å². The topological polar surface area (TPSA) is 86.2 Å². The third kappa shape index (κ3) is 1.74. The van der Waals surface area contributed by atoms with E-state index in [9.17, 15) is 14.9 Å². The normalized spacial score (nSPS) is 11.3. The Morgan fingerprint density at radius 2 is 1.86 bits per heavy atom. The van der Waals surface area contributed by atoms with Crippen LogP contribution in [0.4, 0.5) is 5.69 Å². The first-order valence-electron chi connectivity index (χ1n) is 6.54. The fraction of sp³-hybridized carbons (Fsp3) is 0. The number of para-hydroxylation sites is 1. The van der Waals surface area contributed by atoms with Gasteiger partial charge >= 0.3 is 5.63 Å². The van der Waals surface area contributed by atoms with Crippen molar-refractivity contribution < 1.29 is 9.34 Å². The summed E-state index contributed by atoms with van der Waals surface area (Å²) >= 11 is 0. The van der Waals surface area contributed by atoms with E-state index in [1.54, 1.807) is 30.3 Å². The quantitative estimate of drug-likeness (QED) is 0.176. The Labute approximate surface area is 122 Å². The van der Waals surface area contributed by atoms with Gasteiger partial charge in [0.25, 0.3) is 5.69 Å². The molecule has 6 heteroatoms. The Balaban J connectivity index is 2.21. The molecule has 4 aromatic rings. The van der Waals surface area contributed by atoms with Gasteiger partial charge in [-0.1, -0.05) is 12.1 Å². The SMILES string of the molecule is O=c1oc2ccccc2c2nc3cc([N+](=O)[O-])ccc3cc12. The summed E-state index contributed by atoms with van der Waals surface area (Å²) in [4.78, 5) is 27.0. The lowest BCUT2D eigenvalue weighted by atomic mass is 10.1. The van der Waals surface area contributed by atoms with E-state index in [2.05, 4.69) is 4.98 Å². The average molecular weight is 292 g/mol. The summed E-state index contributed by atoms with van der Waals surface area (Å²) in [5.41, 5.74) is 0.891. The van der Waals surface area contributed by atoms with Gasteiger partial charge in [0.05, 0.1) is 21.3 Å². The maximum atomic E-state index is 12.1. The number of nitrogens with zero attached hydrogens (tertiary/aromatic N) is 2.